The van der Waals surface area contributed by atoms with Gasteiger partial charge in [-0.1, -0.05) is 46.3 Å². The summed E-state index contributed by atoms with van der Waals surface area (Å²) in [5.41, 5.74) is 3.80. The molecule has 0 bridgehead atoms. The molecule has 0 aromatic heterocycles. The van der Waals surface area contributed by atoms with Crippen LogP contribution in [0.2, 0.25) is 0 Å². The molecule has 3 amide bonds. The summed E-state index contributed by atoms with van der Waals surface area (Å²) < 4.78 is 6.06. The summed E-state index contributed by atoms with van der Waals surface area (Å²) in [5, 5.41) is 2.73. The molecule has 8 heteroatoms. The number of esters is 1. The van der Waals surface area contributed by atoms with Crippen LogP contribution in [-0.4, -0.2) is 35.2 Å². The molecule has 1 aliphatic rings. The third-order valence-electron chi connectivity index (χ3n) is 5.72. The Kier molecular flexibility index (Phi) is 6.61. The van der Waals surface area contributed by atoms with Gasteiger partial charge in [-0.3, -0.25) is 19.3 Å². The van der Waals surface area contributed by atoms with Crippen molar-refractivity contribution in [3.05, 3.63) is 98.5 Å². The van der Waals surface area contributed by atoms with Crippen LogP contribution in [0.5, 0.6) is 0 Å². The Morgan fingerprint density at radius 2 is 1.62 bits per heavy atom. The number of nitrogens with one attached hydrogen (secondary N) is 1. The highest BCUT2D eigenvalue weighted by Crippen LogP contribution is 2.27. The average Bonchev–Trinajstić information content (AvgIpc) is 3.08. The first-order chi connectivity index (χ1) is 16.3. The Balaban J connectivity index is 1.41. The van der Waals surface area contributed by atoms with E-state index in [0.717, 1.165) is 26.1 Å². The minimum atomic E-state index is -0.761. The van der Waals surface area contributed by atoms with Crippen molar-refractivity contribution in [1.82, 2.24) is 4.90 Å². The standard InChI is InChI=1S/C26H21BrN2O5/c1-15-16(2)22(11-10-21(15)27)28-23(30)14-34-26(33)18-8-9-19-20(12-18)25(32)29(24(19)31)13-17-6-4-3-5-7-17/h3-12H,13-14H2,1-2H3,(H,28,30). The van der Waals surface area contributed by atoms with E-state index in [1.165, 1.54) is 18.2 Å². The van der Waals surface area contributed by atoms with Crippen molar-refractivity contribution < 1.29 is 23.9 Å². The molecule has 1 N–H and O–H groups in total. The molecule has 0 unspecified atom stereocenters. The number of amides is 3. The smallest absolute Gasteiger partial charge is 0.338 e. The van der Waals surface area contributed by atoms with Crippen molar-refractivity contribution in [2.75, 3.05) is 11.9 Å². The van der Waals surface area contributed by atoms with Gasteiger partial charge in [-0.25, -0.2) is 4.79 Å². The van der Waals surface area contributed by atoms with Gasteiger partial charge in [-0.2, -0.15) is 0 Å². The fraction of sp³-hybridized carbons (Fsp3) is 0.154. The minimum Gasteiger partial charge on any atom is -0.452 e. The fourth-order valence-corrected chi connectivity index (χ4v) is 4.08. The van der Waals surface area contributed by atoms with Crippen molar-refractivity contribution in [2.45, 2.75) is 20.4 Å². The van der Waals surface area contributed by atoms with Crippen LogP contribution in [-0.2, 0) is 16.1 Å². The number of rotatable bonds is 6. The van der Waals surface area contributed by atoms with Crippen molar-refractivity contribution in [2.24, 2.45) is 0 Å². The number of benzene rings is 3. The summed E-state index contributed by atoms with van der Waals surface area (Å²) in [6.45, 7) is 3.46. The number of ether oxygens (including phenoxy) is 1. The molecule has 1 heterocycles. The van der Waals surface area contributed by atoms with E-state index in [0.29, 0.717) is 5.69 Å². The maximum Gasteiger partial charge on any atom is 0.338 e. The van der Waals surface area contributed by atoms with Crippen molar-refractivity contribution in [1.29, 1.82) is 0 Å². The maximum atomic E-state index is 12.8. The van der Waals surface area contributed by atoms with Crippen LogP contribution in [0.15, 0.2) is 65.1 Å². The van der Waals surface area contributed by atoms with Crippen LogP contribution in [0.3, 0.4) is 0 Å². The number of fused-ring (bicyclic) bond motifs is 1. The lowest BCUT2D eigenvalue weighted by Crippen LogP contribution is -2.29. The number of carbonyl (C=O) groups is 4. The molecule has 0 atom stereocenters. The van der Waals surface area contributed by atoms with Crippen LogP contribution in [0.1, 0.15) is 47.8 Å². The zero-order valence-corrected chi connectivity index (χ0v) is 20.1. The van der Waals surface area contributed by atoms with E-state index in [1.54, 1.807) is 6.07 Å². The molecule has 3 aromatic rings. The molecule has 0 radical (unpaired) electrons. The number of halogens is 1. The van der Waals surface area contributed by atoms with Gasteiger partial charge in [-0.05, 0) is 60.9 Å². The molecule has 0 fully saturated rings. The van der Waals surface area contributed by atoms with Gasteiger partial charge < -0.3 is 10.1 Å². The molecular weight excluding hydrogens is 500 g/mol. The first-order valence-corrected chi connectivity index (χ1v) is 11.3. The third-order valence-corrected chi connectivity index (χ3v) is 6.58. The minimum absolute atomic E-state index is 0.0879. The number of imide groups is 1. The van der Waals surface area contributed by atoms with E-state index in [1.807, 2.05) is 50.2 Å². The Hall–Kier alpha value is -3.78. The van der Waals surface area contributed by atoms with Gasteiger partial charge in [-0.15, -0.1) is 0 Å². The summed E-state index contributed by atoms with van der Waals surface area (Å²) in [7, 11) is 0. The van der Waals surface area contributed by atoms with Gasteiger partial charge in [0.2, 0.25) is 0 Å². The lowest BCUT2D eigenvalue weighted by molar-refractivity contribution is -0.119. The monoisotopic (exact) mass is 520 g/mol. The zero-order chi connectivity index (χ0) is 24.4. The molecule has 0 saturated carbocycles. The number of anilines is 1. The van der Waals surface area contributed by atoms with Gasteiger partial charge in [0.15, 0.2) is 6.61 Å². The van der Waals surface area contributed by atoms with E-state index in [2.05, 4.69) is 21.2 Å². The Bertz CT molecular complexity index is 1320. The SMILES string of the molecule is Cc1c(Br)ccc(NC(=O)COC(=O)c2ccc3c(c2)C(=O)N(Cc2ccccc2)C3=O)c1C. The molecule has 0 aliphatic carbocycles. The number of hydrogen-bond donors (Lipinski definition) is 1. The first-order valence-electron chi connectivity index (χ1n) is 10.5. The van der Waals surface area contributed by atoms with E-state index in [9.17, 15) is 19.2 Å². The van der Waals surface area contributed by atoms with Gasteiger partial charge >= 0.3 is 5.97 Å². The topological polar surface area (TPSA) is 92.8 Å². The molecule has 4 rings (SSSR count). The number of nitrogens with zero attached hydrogens (tertiary/aromatic N) is 1. The van der Waals surface area contributed by atoms with Gasteiger partial charge in [0.1, 0.15) is 0 Å². The highest BCUT2D eigenvalue weighted by Gasteiger charge is 2.36. The van der Waals surface area contributed by atoms with Crippen LogP contribution in [0, 0.1) is 13.8 Å². The van der Waals surface area contributed by atoms with Crippen LogP contribution in [0.4, 0.5) is 5.69 Å². The lowest BCUT2D eigenvalue weighted by atomic mass is 10.1. The summed E-state index contributed by atoms with van der Waals surface area (Å²) in [6, 6.07) is 16.9. The summed E-state index contributed by atoms with van der Waals surface area (Å²) in [6.07, 6.45) is 0. The lowest BCUT2D eigenvalue weighted by Gasteiger charge is -2.13. The molecule has 34 heavy (non-hydrogen) atoms. The molecule has 0 saturated heterocycles. The van der Waals surface area contributed by atoms with Crippen molar-refractivity contribution in [3.63, 3.8) is 0 Å². The van der Waals surface area contributed by atoms with Crippen LogP contribution in [0.25, 0.3) is 0 Å². The highest BCUT2D eigenvalue weighted by molar-refractivity contribution is 9.10. The normalized spacial score (nSPS) is 12.5. The summed E-state index contributed by atoms with van der Waals surface area (Å²) >= 11 is 3.44. The average molecular weight is 521 g/mol. The maximum absolute atomic E-state index is 12.8. The second-order valence-electron chi connectivity index (χ2n) is 7.91. The Labute approximate surface area is 204 Å². The molecule has 172 valence electrons. The van der Waals surface area contributed by atoms with E-state index in [-0.39, 0.29) is 23.2 Å². The third kappa shape index (κ3) is 4.63. The molecular formula is C26H21BrN2O5. The van der Waals surface area contributed by atoms with Gasteiger partial charge in [0.05, 0.1) is 23.2 Å². The molecule has 3 aromatic carbocycles. The zero-order valence-electron chi connectivity index (χ0n) is 18.6. The Morgan fingerprint density at radius 3 is 2.35 bits per heavy atom. The fourth-order valence-electron chi connectivity index (χ4n) is 3.65. The predicted octanol–water partition coefficient (Wildman–Crippen LogP) is 4.66. The number of hydrogen-bond acceptors (Lipinski definition) is 5. The van der Waals surface area contributed by atoms with E-state index in [4.69, 9.17) is 4.74 Å². The molecule has 0 spiro atoms. The largest absolute Gasteiger partial charge is 0.452 e. The second-order valence-corrected chi connectivity index (χ2v) is 8.77. The van der Waals surface area contributed by atoms with E-state index < -0.39 is 30.3 Å². The van der Waals surface area contributed by atoms with Crippen molar-refractivity contribution >= 4 is 45.3 Å². The van der Waals surface area contributed by atoms with Gasteiger partial charge in [0.25, 0.3) is 17.7 Å². The Morgan fingerprint density at radius 1 is 0.912 bits per heavy atom. The van der Waals surface area contributed by atoms with Crippen LogP contribution < -0.4 is 5.32 Å². The second kappa shape index (κ2) is 9.61. The van der Waals surface area contributed by atoms with Crippen molar-refractivity contribution in [3.8, 4) is 0 Å². The molecule has 1 aliphatic heterocycles. The number of carbonyl (C=O) groups excluding carboxylic acids is 4. The van der Waals surface area contributed by atoms with Gasteiger partial charge in [0, 0.05) is 10.2 Å². The first kappa shape index (κ1) is 23.4. The predicted molar refractivity (Wildman–Crippen MR) is 130 cm³/mol. The quantitative estimate of drug-likeness (QED) is 0.377. The summed E-state index contributed by atoms with van der Waals surface area (Å²) in [5.74, 6) is -2.14. The molecule has 7 nitrogen and oxygen atoms in total. The van der Waals surface area contributed by atoms with Crippen LogP contribution >= 0.6 is 15.9 Å². The highest BCUT2D eigenvalue weighted by atomic mass is 79.9. The summed E-state index contributed by atoms with van der Waals surface area (Å²) in [4.78, 5) is 51.5. The van der Waals surface area contributed by atoms with E-state index >= 15 is 0 Å².